The minimum atomic E-state index is -3.82. The largest absolute Gasteiger partial charge is 0.355 e. The Labute approximate surface area is 233 Å². The molecule has 0 bridgehead atoms. The number of rotatable bonds is 9. The molecule has 206 valence electrons. The first-order valence-electron chi connectivity index (χ1n) is 13.4. The average Bonchev–Trinajstić information content (AvgIpc) is 3.25. The smallest absolute Gasteiger partial charge is 0.264 e. The Morgan fingerprint density at radius 2 is 1.90 bits per heavy atom. The summed E-state index contributed by atoms with van der Waals surface area (Å²) in [7, 11) is -3.82. The molecule has 0 amide bonds. The van der Waals surface area contributed by atoms with Crippen molar-refractivity contribution < 1.29 is 12.8 Å². The number of nitrogens with one attached hydrogen (secondary N) is 2. The molecule has 1 saturated heterocycles. The molecular weight excluding hydrogens is 527 g/mol. The third-order valence-corrected chi connectivity index (χ3v) is 9.90. The van der Waals surface area contributed by atoms with Crippen LogP contribution >= 0.6 is 0 Å². The van der Waals surface area contributed by atoms with Crippen molar-refractivity contribution in [2.45, 2.75) is 43.2 Å². The highest BCUT2D eigenvalue weighted by Gasteiger charge is 2.71. The fourth-order valence-electron chi connectivity index (χ4n) is 6.39. The standard InChI is InChI=1S/C30H31FN6O2S/c1-3-13-37-33-17-28(35-37)40(38,39)36-18-26-29(21-7-5-4-6-8-21)30(26,19-36)25-15-22(16-32)27(14-20(25)2)34-24-11-9-23(31)10-12-24/h4-12,14-17,26,29,32,34H,3,13,18-19H2,1-2H3/t26-,29-,30+/m1/s1. The first kappa shape index (κ1) is 26.3. The second-order valence-corrected chi connectivity index (χ2v) is 12.5. The predicted molar refractivity (Wildman–Crippen MR) is 152 cm³/mol. The number of nitrogens with zero attached hydrogens (tertiary/aromatic N) is 4. The van der Waals surface area contributed by atoms with Gasteiger partial charge in [0, 0.05) is 47.6 Å². The lowest BCUT2D eigenvalue weighted by molar-refractivity contribution is 0.417. The summed E-state index contributed by atoms with van der Waals surface area (Å²) in [4.78, 5) is 1.43. The summed E-state index contributed by atoms with van der Waals surface area (Å²) < 4.78 is 42.3. The zero-order chi connectivity index (χ0) is 28.1. The van der Waals surface area contributed by atoms with Gasteiger partial charge in [0.25, 0.3) is 10.0 Å². The van der Waals surface area contributed by atoms with E-state index in [1.54, 1.807) is 16.4 Å². The Bertz CT molecular complexity index is 1670. The van der Waals surface area contributed by atoms with Crippen LogP contribution in [0, 0.1) is 24.1 Å². The van der Waals surface area contributed by atoms with E-state index in [-0.39, 0.29) is 22.7 Å². The second-order valence-electron chi connectivity index (χ2n) is 10.6. The maximum absolute atomic E-state index is 13.7. The van der Waals surface area contributed by atoms with E-state index in [9.17, 15) is 12.8 Å². The van der Waals surface area contributed by atoms with E-state index in [0.29, 0.717) is 25.2 Å². The number of benzene rings is 3. The number of fused-ring (bicyclic) bond motifs is 1. The molecular formula is C30H31FN6O2S. The number of anilines is 2. The molecule has 1 saturated carbocycles. The van der Waals surface area contributed by atoms with Crippen LogP contribution in [0.1, 0.15) is 41.5 Å². The van der Waals surface area contributed by atoms with Crippen LogP contribution in [-0.4, -0.2) is 47.0 Å². The molecule has 4 aromatic rings. The van der Waals surface area contributed by atoms with E-state index in [4.69, 9.17) is 5.41 Å². The fraction of sp³-hybridized carbons (Fsp3) is 0.300. The van der Waals surface area contributed by atoms with E-state index in [1.807, 2.05) is 44.2 Å². The summed E-state index contributed by atoms with van der Waals surface area (Å²) >= 11 is 0. The summed E-state index contributed by atoms with van der Waals surface area (Å²) in [5, 5.41) is 19.8. The Morgan fingerprint density at radius 1 is 1.15 bits per heavy atom. The van der Waals surface area contributed by atoms with E-state index >= 15 is 0 Å². The van der Waals surface area contributed by atoms with Gasteiger partial charge in [0.2, 0.25) is 5.03 Å². The zero-order valence-electron chi connectivity index (χ0n) is 22.4. The highest BCUT2D eigenvalue weighted by Crippen LogP contribution is 2.70. The number of piperidine rings is 1. The van der Waals surface area contributed by atoms with Gasteiger partial charge in [-0.2, -0.15) is 14.2 Å². The molecule has 3 aromatic carbocycles. The van der Waals surface area contributed by atoms with Gasteiger partial charge < -0.3 is 10.7 Å². The topological polar surface area (TPSA) is 104 Å². The quantitative estimate of drug-likeness (QED) is 0.274. The number of hydrogen-bond acceptors (Lipinski definition) is 6. The monoisotopic (exact) mass is 558 g/mol. The van der Waals surface area contributed by atoms with Gasteiger partial charge in [-0.25, -0.2) is 12.8 Å². The molecule has 0 unspecified atom stereocenters. The van der Waals surface area contributed by atoms with Gasteiger partial charge in [0.15, 0.2) is 0 Å². The number of hydrogen-bond donors (Lipinski definition) is 2. The fourth-order valence-corrected chi connectivity index (χ4v) is 7.77. The van der Waals surface area contributed by atoms with Crippen molar-refractivity contribution in [2.24, 2.45) is 5.92 Å². The summed E-state index contributed by atoms with van der Waals surface area (Å²) in [5.41, 5.74) is 4.94. The van der Waals surface area contributed by atoms with Crippen LogP contribution < -0.4 is 5.32 Å². The number of aryl methyl sites for hydroxylation is 2. The number of halogens is 1. The lowest BCUT2D eigenvalue weighted by Crippen LogP contribution is -2.35. The summed E-state index contributed by atoms with van der Waals surface area (Å²) in [6.45, 7) is 5.28. The molecule has 1 aliphatic carbocycles. The third kappa shape index (κ3) is 4.31. The maximum atomic E-state index is 13.7. The molecule has 8 nitrogen and oxygen atoms in total. The van der Waals surface area contributed by atoms with Crippen LogP contribution in [0.2, 0.25) is 0 Å². The van der Waals surface area contributed by atoms with E-state index < -0.39 is 15.4 Å². The zero-order valence-corrected chi connectivity index (χ0v) is 23.2. The van der Waals surface area contributed by atoms with Gasteiger partial charge in [-0.05, 0) is 72.4 Å². The van der Waals surface area contributed by atoms with Crippen LogP contribution in [0.15, 0.2) is 78.0 Å². The van der Waals surface area contributed by atoms with Gasteiger partial charge in [-0.1, -0.05) is 37.3 Å². The third-order valence-electron chi connectivity index (χ3n) is 8.23. The SMILES string of the molecule is CCCn1ncc(S(=O)(=O)N2C[C@@H]3[C@@H](c4ccccc4)[C@]3(c3cc(C=N)c(Nc4ccc(F)cc4)cc3C)C2)n1. The molecule has 0 spiro atoms. The van der Waals surface area contributed by atoms with Crippen LogP contribution in [0.3, 0.4) is 0 Å². The lowest BCUT2D eigenvalue weighted by atomic mass is 9.86. The normalized spacial score (nSPS) is 22.2. The molecule has 1 aliphatic heterocycles. The van der Waals surface area contributed by atoms with Crippen molar-refractivity contribution >= 4 is 27.6 Å². The minimum Gasteiger partial charge on any atom is -0.355 e. The molecule has 2 fully saturated rings. The maximum Gasteiger partial charge on any atom is 0.264 e. The van der Waals surface area contributed by atoms with Gasteiger partial charge in [0.1, 0.15) is 5.82 Å². The predicted octanol–water partition coefficient (Wildman–Crippen LogP) is 5.23. The highest BCUT2D eigenvalue weighted by atomic mass is 32.2. The van der Waals surface area contributed by atoms with Crippen molar-refractivity contribution in [1.29, 1.82) is 5.41 Å². The van der Waals surface area contributed by atoms with Crippen molar-refractivity contribution in [3.05, 3.63) is 101 Å². The first-order chi connectivity index (χ1) is 19.3. The molecule has 1 aromatic heterocycles. The van der Waals surface area contributed by atoms with Crippen molar-refractivity contribution in [2.75, 3.05) is 18.4 Å². The molecule has 3 atom stereocenters. The number of aromatic nitrogens is 3. The van der Waals surface area contributed by atoms with Crippen molar-refractivity contribution in [3.8, 4) is 0 Å². The Kier molecular flexibility index (Phi) is 6.54. The van der Waals surface area contributed by atoms with E-state index in [2.05, 4.69) is 27.6 Å². The molecule has 0 radical (unpaired) electrons. The van der Waals surface area contributed by atoms with Crippen LogP contribution in [0.5, 0.6) is 0 Å². The van der Waals surface area contributed by atoms with Crippen LogP contribution in [0.4, 0.5) is 15.8 Å². The van der Waals surface area contributed by atoms with Crippen molar-refractivity contribution in [3.63, 3.8) is 0 Å². The van der Waals surface area contributed by atoms with Gasteiger partial charge in [-0.3, -0.25) is 0 Å². The molecule has 2 aliphatic rings. The van der Waals surface area contributed by atoms with E-state index in [1.165, 1.54) is 34.9 Å². The Balaban J connectivity index is 1.38. The number of sulfonamides is 1. The summed E-state index contributed by atoms with van der Waals surface area (Å²) in [6.07, 6.45) is 3.45. The Hall–Kier alpha value is -3.89. The Morgan fingerprint density at radius 3 is 2.60 bits per heavy atom. The highest BCUT2D eigenvalue weighted by molar-refractivity contribution is 7.89. The second kappa shape index (κ2) is 9.94. The van der Waals surface area contributed by atoms with Crippen molar-refractivity contribution in [1.82, 2.24) is 19.3 Å². The average molecular weight is 559 g/mol. The first-order valence-corrected chi connectivity index (χ1v) is 14.9. The minimum absolute atomic E-state index is 0.0237. The molecule has 10 heteroatoms. The summed E-state index contributed by atoms with van der Waals surface area (Å²) in [5.74, 6) is -0.0727. The van der Waals surface area contributed by atoms with Gasteiger partial charge in [-0.15, -0.1) is 5.10 Å². The van der Waals surface area contributed by atoms with Gasteiger partial charge in [0.05, 0.1) is 12.7 Å². The lowest BCUT2D eigenvalue weighted by Gasteiger charge is -2.25. The van der Waals surface area contributed by atoms with E-state index in [0.717, 1.165) is 28.9 Å². The molecule has 2 N–H and O–H groups in total. The van der Waals surface area contributed by atoms with Gasteiger partial charge >= 0.3 is 0 Å². The van der Waals surface area contributed by atoms with Crippen LogP contribution in [-0.2, 0) is 22.0 Å². The molecule has 40 heavy (non-hydrogen) atoms. The molecule has 2 heterocycles. The summed E-state index contributed by atoms with van der Waals surface area (Å²) in [6, 6.07) is 20.3. The van der Waals surface area contributed by atoms with Crippen LogP contribution in [0.25, 0.3) is 0 Å². The molecule has 6 rings (SSSR count).